The normalized spacial score (nSPS) is 30.4. The minimum atomic E-state index is -2.57. The SMILES string of the molecule is C=CCNCc1cc(CC)c2c(c1O)C(O)=C1C(=O)[C@]3(O)C(=O)C(C(N)=O)C(O)C[C@@H]3C[C@@H]1C2. The maximum absolute atomic E-state index is 13.6. The fraction of sp³-hybridized carbons (Fsp3) is 0.480. The Labute approximate surface area is 197 Å². The van der Waals surface area contributed by atoms with E-state index in [2.05, 4.69) is 11.9 Å². The maximum atomic E-state index is 13.6. The van der Waals surface area contributed by atoms with Crippen LogP contribution in [0.1, 0.15) is 42.0 Å². The summed E-state index contributed by atoms with van der Waals surface area (Å²) in [5.74, 6) is -7.01. The second-order valence-electron chi connectivity index (χ2n) is 9.41. The van der Waals surface area contributed by atoms with Gasteiger partial charge in [0.05, 0.1) is 11.7 Å². The summed E-state index contributed by atoms with van der Waals surface area (Å²) >= 11 is 0. The first-order valence-electron chi connectivity index (χ1n) is 11.5. The van der Waals surface area contributed by atoms with E-state index in [0.29, 0.717) is 31.5 Å². The molecule has 0 radical (unpaired) electrons. The van der Waals surface area contributed by atoms with Crippen LogP contribution in [0.25, 0.3) is 5.76 Å². The molecule has 2 unspecified atom stereocenters. The number of benzene rings is 1. The van der Waals surface area contributed by atoms with E-state index in [0.717, 1.165) is 11.1 Å². The van der Waals surface area contributed by atoms with Crippen LogP contribution in [-0.4, -0.2) is 56.1 Å². The molecule has 2 fully saturated rings. The summed E-state index contributed by atoms with van der Waals surface area (Å²) in [6.07, 6.45) is 1.26. The van der Waals surface area contributed by atoms with E-state index in [4.69, 9.17) is 5.73 Å². The summed E-state index contributed by atoms with van der Waals surface area (Å²) in [6, 6.07) is 1.87. The van der Waals surface area contributed by atoms with Crippen LogP contribution < -0.4 is 11.1 Å². The van der Waals surface area contributed by atoms with Gasteiger partial charge in [0.15, 0.2) is 11.4 Å². The van der Waals surface area contributed by atoms with Crippen LogP contribution in [0.5, 0.6) is 5.75 Å². The third kappa shape index (κ3) is 3.38. The zero-order valence-electron chi connectivity index (χ0n) is 19.0. The molecule has 182 valence electrons. The molecule has 1 aromatic rings. The van der Waals surface area contributed by atoms with Gasteiger partial charge in [-0.15, -0.1) is 6.58 Å². The van der Waals surface area contributed by atoms with E-state index in [1.54, 1.807) is 6.08 Å². The van der Waals surface area contributed by atoms with Crippen LogP contribution in [0.15, 0.2) is 24.3 Å². The summed E-state index contributed by atoms with van der Waals surface area (Å²) in [7, 11) is 0. The fourth-order valence-electron chi connectivity index (χ4n) is 5.89. The number of carbonyl (C=O) groups is 3. The zero-order valence-corrected chi connectivity index (χ0v) is 19.0. The molecule has 9 nitrogen and oxygen atoms in total. The number of carbonyl (C=O) groups excluding carboxylic acids is 3. The van der Waals surface area contributed by atoms with Crippen molar-refractivity contribution in [2.75, 3.05) is 6.54 Å². The lowest BCUT2D eigenvalue weighted by atomic mass is 9.56. The summed E-state index contributed by atoms with van der Waals surface area (Å²) in [5, 5.41) is 47.0. The smallest absolute Gasteiger partial charge is 0.230 e. The number of aryl methyl sites for hydroxylation is 1. The third-order valence-corrected chi connectivity index (χ3v) is 7.54. The second-order valence-corrected chi connectivity index (χ2v) is 9.41. The quantitative estimate of drug-likeness (QED) is 0.197. The van der Waals surface area contributed by atoms with Crippen molar-refractivity contribution < 1.29 is 34.8 Å². The third-order valence-electron chi connectivity index (χ3n) is 7.54. The number of fused-ring (bicyclic) bond motifs is 3. The Hall–Kier alpha value is -3.01. The molecule has 5 atom stereocenters. The van der Waals surface area contributed by atoms with Crippen molar-refractivity contribution in [1.29, 1.82) is 0 Å². The molecule has 7 N–H and O–H groups in total. The van der Waals surface area contributed by atoms with Crippen LogP contribution in [0.4, 0.5) is 0 Å². The Balaban J connectivity index is 1.84. The summed E-state index contributed by atoms with van der Waals surface area (Å²) in [4.78, 5) is 38.4. The van der Waals surface area contributed by atoms with Crippen LogP contribution in [0.2, 0.25) is 0 Å². The van der Waals surface area contributed by atoms with Gasteiger partial charge in [0.1, 0.15) is 17.4 Å². The van der Waals surface area contributed by atoms with Gasteiger partial charge in [0, 0.05) is 30.1 Å². The zero-order chi connectivity index (χ0) is 24.9. The number of primary amides is 1. The number of phenols is 1. The Morgan fingerprint density at radius 2 is 2.00 bits per heavy atom. The van der Waals surface area contributed by atoms with Crippen LogP contribution in [-0.2, 0) is 33.8 Å². The van der Waals surface area contributed by atoms with E-state index < -0.39 is 52.7 Å². The predicted molar refractivity (Wildman–Crippen MR) is 123 cm³/mol. The second kappa shape index (κ2) is 8.65. The number of phenolic OH excluding ortho intramolecular Hbond substituents is 1. The molecule has 3 aliphatic carbocycles. The summed E-state index contributed by atoms with van der Waals surface area (Å²) in [5.41, 5.74) is 4.86. The molecule has 3 aliphatic rings. The lowest BCUT2D eigenvalue weighted by Gasteiger charge is -2.48. The minimum Gasteiger partial charge on any atom is -0.507 e. The number of hydrogen-bond acceptors (Lipinski definition) is 8. The molecule has 0 bridgehead atoms. The van der Waals surface area contributed by atoms with Gasteiger partial charge < -0.3 is 31.5 Å². The van der Waals surface area contributed by atoms with Gasteiger partial charge in [-0.3, -0.25) is 14.4 Å². The molecule has 0 saturated heterocycles. The highest BCUT2D eigenvalue weighted by atomic mass is 16.3. The van der Waals surface area contributed by atoms with Gasteiger partial charge in [0.2, 0.25) is 11.7 Å². The molecule has 4 rings (SSSR count). The topological polar surface area (TPSA) is 170 Å². The first-order valence-corrected chi connectivity index (χ1v) is 11.5. The minimum absolute atomic E-state index is 0.131. The molecule has 0 spiro atoms. The fourth-order valence-corrected chi connectivity index (χ4v) is 5.89. The number of hydrogen-bond donors (Lipinski definition) is 6. The molecule has 1 aromatic carbocycles. The highest BCUT2D eigenvalue weighted by molar-refractivity contribution is 6.24. The maximum Gasteiger partial charge on any atom is 0.230 e. The van der Waals surface area contributed by atoms with Gasteiger partial charge in [-0.1, -0.05) is 19.1 Å². The van der Waals surface area contributed by atoms with Crippen LogP contribution in [0, 0.1) is 17.8 Å². The van der Waals surface area contributed by atoms with Crippen molar-refractivity contribution in [3.63, 3.8) is 0 Å². The molecule has 9 heteroatoms. The molecular weight excluding hydrogens is 440 g/mol. The number of nitrogens with one attached hydrogen (secondary N) is 1. The first kappa shape index (κ1) is 24.1. The van der Waals surface area contributed by atoms with Gasteiger partial charge in [-0.05, 0) is 42.7 Å². The van der Waals surface area contributed by atoms with Crippen molar-refractivity contribution in [2.45, 2.75) is 50.9 Å². The standard InChI is InChI=1S/C25H30N2O7/c1-3-5-27-10-13-6-11(4-2)15-8-12-7-14-9-16(28)19(24(26)33)23(32)25(14,34)22(31)17(12)21(30)18(15)20(13)29/h3,6,12,14,16,19,27-30,34H,1,4-5,7-10H2,2H3,(H2,26,33)/t12-,14+,16?,19?,25+/m1/s1. The highest BCUT2D eigenvalue weighted by Crippen LogP contribution is 2.52. The Morgan fingerprint density at radius 1 is 1.29 bits per heavy atom. The number of amides is 1. The first-order chi connectivity index (χ1) is 16.1. The van der Waals surface area contributed by atoms with E-state index in [1.807, 2.05) is 13.0 Å². The number of Topliss-reactive ketones (excluding diaryl/α,β-unsaturated/α-hetero) is 2. The lowest BCUT2D eigenvalue weighted by Crippen LogP contribution is -2.66. The van der Waals surface area contributed by atoms with Gasteiger partial charge >= 0.3 is 0 Å². The Bertz CT molecular complexity index is 1120. The monoisotopic (exact) mass is 470 g/mol. The summed E-state index contributed by atoms with van der Waals surface area (Å²) in [6.45, 7) is 6.41. The number of ketones is 2. The average molecular weight is 471 g/mol. The molecule has 34 heavy (non-hydrogen) atoms. The van der Waals surface area contributed by atoms with Crippen LogP contribution >= 0.6 is 0 Å². The molecule has 2 saturated carbocycles. The summed E-state index contributed by atoms with van der Waals surface area (Å²) < 4.78 is 0. The number of nitrogens with two attached hydrogens (primary N) is 1. The number of aliphatic hydroxyl groups excluding tert-OH is 2. The number of aromatic hydroxyl groups is 1. The van der Waals surface area contributed by atoms with Crippen molar-refractivity contribution in [3.05, 3.63) is 46.5 Å². The van der Waals surface area contributed by atoms with E-state index in [9.17, 15) is 34.8 Å². The van der Waals surface area contributed by atoms with Crippen LogP contribution in [0.3, 0.4) is 0 Å². The van der Waals surface area contributed by atoms with Crippen molar-refractivity contribution in [3.8, 4) is 5.75 Å². The molecule has 0 heterocycles. The largest absolute Gasteiger partial charge is 0.507 e. The van der Waals surface area contributed by atoms with Gasteiger partial charge in [-0.2, -0.15) is 0 Å². The van der Waals surface area contributed by atoms with E-state index >= 15 is 0 Å². The lowest BCUT2D eigenvalue weighted by molar-refractivity contribution is -0.174. The molecule has 1 amide bonds. The highest BCUT2D eigenvalue weighted by Gasteiger charge is 2.63. The van der Waals surface area contributed by atoms with Crippen molar-refractivity contribution in [1.82, 2.24) is 5.32 Å². The average Bonchev–Trinajstić information content (AvgIpc) is 2.77. The van der Waals surface area contributed by atoms with Gasteiger partial charge in [0.25, 0.3) is 0 Å². The van der Waals surface area contributed by atoms with Crippen molar-refractivity contribution >= 4 is 23.2 Å². The molecule has 0 aromatic heterocycles. The molecule has 0 aliphatic heterocycles. The number of rotatable bonds is 6. The Kier molecular flexibility index (Phi) is 6.14. The molecular formula is C25H30N2O7. The predicted octanol–water partition coefficient (Wildman–Crippen LogP) is 0.427. The van der Waals surface area contributed by atoms with Gasteiger partial charge in [-0.25, -0.2) is 0 Å². The van der Waals surface area contributed by atoms with E-state index in [-0.39, 0.29) is 29.7 Å². The number of aliphatic hydroxyl groups is 3. The Morgan fingerprint density at radius 3 is 2.62 bits per heavy atom. The van der Waals surface area contributed by atoms with Crippen molar-refractivity contribution in [2.24, 2.45) is 23.5 Å². The van der Waals surface area contributed by atoms with E-state index in [1.165, 1.54) is 0 Å².